The molecule has 1 aromatic heterocycles. The summed E-state index contributed by atoms with van der Waals surface area (Å²) >= 11 is 1.38. The van der Waals surface area contributed by atoms with Gasteiger partial charge in [-0.25, -0.2) is 0 Å². The lowest BCUT2D eigenvalue weighted by molar-refractivity contribution is -0.137. The molecule has 4 nitrogen and oxygen atoms in total. The first-order valence-corrected chi connectivity index (χ1v) is 8.13. The molecule has 1 amide bonds. The van der Waals surface area contributed by atoms with Gasteiger partial charge >= 0.3 is 6.18 Å². The van der Waals surface area contributed by atoms with E-state index in [1.807, 2.05) is 4.90 Å². The zero-order valence-electron chi connectivity index (χ0n) is 12.6. The number of amides is 1. The fourth-order valence-electron chi connectivity index (χ4n) is 2.87. The maximum Gasteiger partial charge on any atom is 0.416 e. The van der Waals surface area contributed by atoms with Crippen LogP contribution in [-0.4, -0.2) is 17.6 Å². The Hall–Kier alpha value is -2.06. The molecule has 0 radical (unpaired) electrons. The maximum absolute atomic E-state index is 13.0. The van der Waals surface area contributed by atoms with Gasteiger partial charge in [0.15, 0.2) is 0 Å². The molecule has 0 atom stereocenters. The molecule has 24 heavy (non-hydrogen) atoms. The van der Waals surface area contributed by atoms with Crippen LogP contribution in [0.25, 0.3) is 0 Å². The zero-order valence-corrected chi connectivity index (χ0v) is 13.4. The van der Waals surface area contributed by atoms with Crippen LogP contribution in [0.3, 0.4) is 0 Å². The highest BCUT2D eigenvalue weighted by Gasteiger charge is 2.32. The van der Waals surface area contributed by atoms with E-state index in [0.29, 0.717) is 30.8 Å². The highest BCUT2D eigenvalue weighted by molar-refractivity contribution is 7.10. The van der Waals surface area contributed by atoms with Crippen molar-refractivity contribution in [2.75, 3.05) is 11.4 Å². The predicted molar refractivity (Wildman–Crippen MR) is 85.0 cm³/mol. The van der Waals surface area contributed by atoms with E-state index in [9.17, 15) is 23.1 Å². The van der Waals surface area contributed by atoms with Gasteiger partial charge in [0.25, 0.3) is 0 Å². The zero-order chi connectivity index (χ0) is 17.5. The first-order valence-electron chi connectivity index (χ1n) is 7.25. The van der Waals surface area contributed by atoms with Gasteiger partial charge in [-0.05, 0) is 35.7 Å². The van der Waals surface area contributed by atoms with Crippen molar-refractivity contribution >= 4 is 22.9 Å². The smallest absolute Gasteiger partial charge is 0.392 e. The van der Waals surface area contributed by atoms with E-state index in [1.165, 1.54) is 11.3 Å². The normalized spacial score (nSPS) is 14.6. The number of thiophene rings is 1. The van der Waals surface area contributed by atoms with Gasteiger partial charge in [-0.1, -0.05) is 0 Å². The number of benzene rings is 1. The van der Waals surface area contributed by atoms with Gasteiger partial charge in [-0.3, -0.25) is 4.79 Å². The fraction of sp³-hybridized carbons (Fsp3) is 0.312. The van der Waals surface area contributed by atoms with Crippen LogP contribution in [0.5, 0.6) is 0 Å². The van der Waals surface area contributed by atoms with Crippen molar-refractivity contribution < 1.29 is 23.1 Å². The van der Waals surface area contributed by atoms with Gasteiger partial charge in [0.1, 0.15) is 0 Å². The highest BCUT2D eigenvalue weighted by atomic mass is 32.1. The second-order valence-electron chi connectivity index (χ2n) is 5.63. The van der Waals surface area contributed by atoms with E-state index in [0.717, 1.165) is 22.6 Å². The lowest BCUT2D eigenvalue weighted by atomic mass is 10.0. The summed E-state index contributed by atoms with van der Waals surface area (Å²) in [6, 6.07) is 3.60. The summed E-state index contributed by atoms with van der Waals surface area (Å²) in [6.45, 7) is 0.441. The van der Waals surface area contributed by atoms with E-state index in [-0.39, 0.29) is 5.56 Å². The number of nitrogens with zero attached hydrogens (tertiary/aromatic N) is 1. The molecule has 8 heteroatoms. The maximum atomic E-state index is 13.0. The molecule has 0 spiro atoms. The van der Waals surface area contributed by atoms with Crippen LogP contribution in [-0.2, 0) is 25.7 Å². The van der Waals surface area contributed by atoms with Crippen molar-refractivity contribution in [3.05, 3.63) is 50.7 Å². The number of aliphatic hydroxyl groups is 1. The van der Waals surface area contributed by atoms with Crippen LogP contribution >= 0.6 is 11.3 Å². The minimum Gasteiger partial charge on any atom is -0.392 e. The van der Waals surface area contributed by atoms with Crippen molar-refractivity contribution in [1.29, 1.82) is 0 Å². The van der Waals surface area contributed by atoms with Gasteiger partial charge in [0.05, 0.1) is 24.3 Å². The third-order valence-electron chi connectivity index (χ3n) is 4.06. The lowest BCUT2D eigenvalue weighted by Crippen LogP contribution is -2.30. The number of anilines is 1. The number of carbonyl (C=O) groups excluding carboxylic acids is 1. The molecule has 1 aliphatic rings. The molecule has 0 fully saturated rings. The monoisotopic (exact) mass is 356 g/mol. The molecule has 0 saturated heterocycles. The van der Waals surface area contributed by atoms with E-state index in [2.05, 4.69) is 0 Å². The van der Waals surface area contributed by atoms with Crippen LogP contribution in [0.1, 0.15) is 31.9 Å². The Bertz CT molecular complexity index is 786. The summed E-state index contributed by atoms with van der Waals surface area (Å²) < 4.78 is 39.1. The first kappa shape index (κ1) is 16.8. The molecule has 128 valence electrons. The molecule has 3 N–H and O–H groups in total. The summed E-state index contributed by atoms with van der Waals surface area (Å²) in [7, 11) is 0. The van der Waals surface area contributed by atoms with Gasteiger partial charge in [0, 0.05) is 22.5 Å². The molecule has 1 aromatic carbocycles. The molecule has 3 rings (SSSR count). The van der Waals surface area contributed by atoms with E-state index in [4.69, 9.17) is 5.73 Å². The summed E-state index contributed by atoms with van der Waals surface area (Å²) in [6.07, 6.45) is -3.93. The number of nitrogens with two attached hydrogens (primary N) is 1. The van der Waals surface area contributed by atoms with Crippen LogP contribution in [0.15, 0.2) is 23.6 Å². The van der Waals surface area contributed by atoms with E-state index in [1.54, 1.807) is 11.4 Å². The SMILES string of the molecule is NC(=O)c1csc2c1CCN(c1cc(CO)cc(C(F)(F)F)c1)C2. The summed E-state index contributed by atoms with van der Waals surface area (Å²) in [5.41, 5.74) is 6.57. The van der Waals surface area contributed by atoms with E-state index >= 15 is 0 Å². The Labute approximate surface area is 140 Å². The van der Waals surface area contributed by atoms with Crippen molar-refractivity contribution in [2.45, 2.75) is 25.7 Å². The van der Waals surface area contributed by atoms with Gasteiger partial charge in [0.2, 0.25) is 5.91 Å². The standard InChI is InChI=1S/C16H15F3N2O2S/c17-16(18,19)10-3-9(7-22)4-11(5-10)21-2-1-12-13(15(20)23)8-24-14(12)6-21/h3-5,8,22H,1-2,6-7H2,(H2,20,23). The number of aliphatic hydroxyl groups excluding tert-OH is 1. The minimum atomic E-state index is -4.47. The molecule has 1 aliphatic heterocycles. The van der Waals surface area contributed by atoms with Crippen LogP contribution in [0, 0.1) is 0 Å². The molecule has 0 aliphatic carbocycles. The molecule has 0 bridgehead atoms. The third kappa shape index (κ3) is 3.11. The number of alkyl halides is 3. The predicted octanol–water partition coefficient (Wildman–Crippen LogP) is 2.92. The number of rotatable bonds is 3. The Morgan fingerprint density at radius 3 is 2.71 bits per heavy atom. The van der Waals surface area contributed by atoms with Crippen molar-refractivity contribution in [2.24, 2.45) is 5.73 Å². The summed E-state index contributed by atoms with van der Waals surface area (Å²) in [5.74, 6) is -0.484. The van der Waals surface area contributed by atoms with Crippen LogP contribution in [0.4, 0.5) is 18.9 Å². The Kier molecular flexibility index (Phi) is 4.27. The number of hydrogen-bond donors (Lipinski definition) is 2. The fourth-order valence-corrected chi connectivity index (χ4v) is 3.97. The number of primary amides is 1. The van der Waals surface area contributed by atoms with Crippen LogP contribution in [0.2, 0.25) is 0 Å². The second-order valence-corrected chi connectivity index (χ2v) is 6.60. The molecule has 0 unspecified atom stereocenters. The van der Waals surface area contributed by atoms with Crippen molar-refractivity contribution in [3.8, 4) is 0 Å². The summed E-state index contributed by atoms with van der Waals surface area (Å²) in [4.78, 5) is 14.1. The Balaban J connectivity index is 1.94. The second kappa shape index (κ2) is 6.10. The molecule has 2 heterocycles. The average molecular weight is 356 g/mol. The van der Waals surface area contributed by atoms with Gasteiger partial charge in [-0.15, -0.1) is 11.3 Å². The average Bonchev–Trinajstić information content (AvgIpc) is 2.96. The van der Waals surface area contributed by atoms with Crippen molar-refractivity contribution in [1.82, 2.24) is 0 Å². The summed E-state index contributed by atoms with van der Waals surface area (Å²) in [5, 5.41) is 10.9. The Morgan fingerprint density at radius 1 is 1.33 bits per heavy atom. The first-order chi connectivity index (χ1) is 11.3. The van der Waals surface area contributed by atoms with Crippen molar-refractivity contribution in [3.63, 3.8) is 0 Å². The molecular weight excluding hydrogens is 341 g/mol. The number of hydrogen-bond acceptors (Lipinski definition) is 4. The molecule has 0 saturated carbocycles. The largest absolute Gasteiger partial charge is 0.416 e. The highest BCUT2D eigenvalue weighted by Crippen LogP contribution is 2.36. The van der Waals surface area contributed by atoms with Gasteiger partial charge in [-0.2, -0.15) is 13.2 Å². The van der Waals surface area contributed by atoms with Gasteiger partial charge < -0.3 is 15.7 Å². The Morgan fingerprint density at radius 2 is 2.08 bits per heavy atom. The lowest BCUT2D eigenvalue weighted by Gasteiger charge is -2.30. The third-order valence-corrected chi connectivity index (χ3v) is 5.08. The quantitative estimate of drug-likeness (QED) is 0.889. The molecular formula is C16H15F3N2O2S. The topological polar surface area (TPSA) is 66.6 Å². The van der Waals surface area contributed by atoms with Crippen LogP contribution < -0.4 is 10.6 Å². The number of fused-ring (bicyclic) bond motifs is 1. The van der Waals surface area contributed by atoms with E-state index < -0.39 is 24.3 Å². The molecule has 2 aromatic rings. The number of halogens is 3. The minimum absolute atomic E-state index is 0.217. The number of carbonyl (C=O) groups is 1.